The maximum atomic E-state index is 14.4. The Morgan fingerprint density at radius 2 is 1.84 bits per heavy atom. The number of nitrogens with zero attached hydrogens (tertiary/aromatic N) is 6. The number of halogens is 2. The van der Waals surface area contributed by atoms with Gasteiger partial charge >= 0.3 is 0 Å². The zero-order valence-electron chi connectivity index (χ0n) is 26.3. The third-order valence-corrected chi connectivity index (χ3v) is 9.01. The number of benzene rings is 1. The van der Waals surface area contributed by atoms with Crippen LogP contribution in [0.4, 0.5) is 5.95 Å². The summed E-state index contributed by atoms with van der Waals surface area (Å²) in [6.45, 7) is 8.13. The van der Waals surface area contributed by atoms with Gasteiger partial charge in [0.15, 0.2) is 0 Å². The lowest BCUT2D eigenvalue weighted by atomic mass is 9.93. The summed E-state index contributed by atoms with van der Waals surface area (Å²) in [5, 5.41) is 13.6. The van der Waals surface area contributed by atoms with E-state index >= 15 is 0 Å². The molecule has 0 radical (unpaired) electrons. The maximum absolute atomic E-state index is 14.4. The van der Waals surface area contributed by atoms with Crippen molar-refractivity contribution >= 4 is 46.1 Å². The minimum atomic E-state index is -0.314. The number of aromatic nitrogens is 3. The monoisotopic (exact) mass is 653 g/mol. The van der Waals surface area contributed by atoms with Crippen molar-refractivity contribution in [1.82, 2.24) is 24.3 Å². The fourth-order valence-electron chi connectivity index (χ4n) is 6.07. The van der Waals surface area contributed by atoms with Crippen molar-refractivity contribution in [2.75, 3.05) is 46.2 Å². The first kappa shape index (κ1) is 32.5. The number of fused-ring (bicyclic) bond motifs is 1. The van der Waals surface area contributed by atoms with E-state index in [9.17, 15) is 14.9 Å². The lowest BCUT2D eigenvalue weighted by Crippen LogP contribution is -2.62. The average Bonchev–Trinajstić information content (AvgIpc) is 3.44. The number of likely N-dealkylation sites (tertiary alicyclic amines) is 2. The molecule has 4 heterocycles. The Bertz CT molecular complexity index is 1740. The molecule has 0 saturated carbocycles. The molecule has 1 unspecified atom stereocenters. The van der Waals surface area contributed by atoms with Crippen LogP contribution in [-0.2, 0) is 11.3 Å². The highest BCUT2D eigenvalue weighted by Gasteiger charge is 2.41. The van der Waals surface area contributed by atoms with Gasteiger partial charge in [-0.3, -0.25) is 19.1 Å². The molecule has 2 aliphatic heterocycles. The van der Waals surface area contributed by atoms with E-state index in [4.69, 9.17) is 32.7 Å². The summed E-state index contributed by atoms with van der Waals surface area (Å²) in [6, 6.07) is 5.49. The van der Waals surface area contributed by atoms with Gasteiger partial charge in [0, 0.05) is 62.0 Å². The number of allylic oxidation sites excluding steroid dienone is 1. The van der Waals surface area contributed by atoms with E-state index in [1.165, 1.54) is 14.2 Å². The van der Waals surface area contributed by atoms with E-state index in [0.717, 1.165) is 19.4 Å². The number of carbonyl (C=O) groups is 1. The molecule has 0 aliphatic carbocycles. The van der Waals surface area contributed by atoms with Crippen LogP contribution in [0.15, 0.2) is 34.8 Å². The van der Waals surface area contributed by atoms with Crippen molar-refractivity contribution in [2.24, 2.45) is 5.41 Å². The van der Waals surface area contributed by atoms with E-state index in [1.807, 2.05) is 20.8 Å². The Labute approximate surface area is 272 Å². The van der Waals surface area contributed by atoms with Crippen LogP contribution in [0.3, 0.4) is 0 Å². The Morgan fingerprint density at radius 3 is 2.42 bits per heavy atom. The molecule has 0 bridgehead atoms. The summed E-state index contributed by atoms with van der Waals surface area (Å²) in [5.41, 5.74) is 0.631. The number of anilines is 1. The normalized spacial score (nSPS) is 17.7. The fourth-order valence-corrected chi connectivity index (χ4v) is 6.78. The fraction of sp³-hybridized carbons (Fsp3) is 0.469. The van der Waals surface area contributed by atoms with E-state index in [2.05, 4.69) is 26.3 Å². The van der Waals surface area contributed by atoms with E-state index in [0.29, 0.717) is 53.7 Å². The third kappa shape index (κ3) is 6.32. The molecule has 13 heteroatoms. The summed E-state index contributed by atoms with van der Waals surface area (Å²) >= 11 is 13.5. The first-order valence-corrected chi connectivity index (χ1v) is 15.5. The molecule has 1 atom stereocenters. The number of rotatable bonds is 8. The second-order valence-electron chi connectivity index (χ2n) is 12.4. The number of ether oxygens (including phenoxy) is 2. The van der Waals surface area contributed by atoms with Gasteiger partial charge in [0.05, 0.1) is 29.8 Å². The van der Waals surface area contributed by atoms with E-state index < -0.39 is 0 Å². The molecule has 2 fully saturated rings. The van der Waals surface area contributed by atoms with E-state index in [1.54, 1.807) is 40.9 Å². The largest absolute Gasteiger partial charge is 0.495 e. The molecule has 1 aromatic carbocycles. The Morgan fingerprint density at radius 1 is 1.18 bits per heavy atom. The van der Waals surface area contributed by atoms with Crippen molar-refractivity contribution in [1.29, 1.82) is 5.26 Å². The van der Waals surface area contributed by atoms with Gasteiger partial charge in [-0.15, -0.1) is 0 Å². The van der Waals surface area contributed by atoms with E-state index in [-0.39, 0.29) is 50.1 Å². The number of nitriles is 1. The lowest BCUT2D eigenvalue weighted by Gasteiger charge is -2.46. The summed E-state index contributed by atoms with van der Waals surface area (Å²) in [6.07, 6.45) is 5.21. The first-order chi connectivity index (χ1) is 21.4. The summed E-state index contributed by atoms with van der Waals surface area (Å²) in [7, 11) is 4.68. The molecule has 11 nitrogen and oxygen atoms in total. The molecule has 2 aliphatic rings. The van der Waals surface area contributed by atoms with Gasteiger partial charge in [-0.25, -0.2) is 4.98 Å². The predicted molar refractivity (Wildman–Crippen MR) is 175 cm³/mol. The van der Waals surface area contributed by atoms with Crippen LogP contribution < -0.4 is 20.3 Å². The van der Waals surface area contributed by atoms with Gasteiger partial charge < -0.3 is 19.7 Å². The minimum absolute atomic E-state index is 0.0164. The topological polar surface area (TPSA) is 126 Å². The van der Waals surface area contributed by atoms with Crippen molar-refractivity contribution in [3.63, 3.8) is 0 Å². The van der Waals surface area contributed by atoms with Crippen molar-refractivity contribution in [3.05, 3.63) is 50.4 Å². The number of pyridine rings is 1. The molecular weight excluding hydrogens is 617 g/mol. The van der Waals surface area contributed by atoms with Gasteiger partial charge in [0.1, 0.15) is 28.8 Å². The van der Waals surface area contributed by atoms with Crippen molar-refractivity contribution in [3.8, 4) is 28.7 Å². The molecule has 5 rings (SSSR count). The highest BCUT2D eigenvalue weighted by molar-refractivity contribution is 6.41. The van der Waals surface area contributed by atoms with Crippen molar-refractivity contribution in [2.45, 2.75) is 52.2 Å². The Kier molecular flexibility index (Phi) is 9.31. The minimum Gasteiger partial charge on any atom is -0.495 e. The van der Waals surface area contributed by atoms with Gasteiger partial charge in [0.25, 0.3) is 11.5 Å². The lowest BCUT2D eigenvalue weighted by molar-refractivity contribution is -0.134. The smallest absolute Gasteiger partial charge is 0.264 e. The molecular formula is C32H37Cl2N7O4. The molecule has 238 valence electrons. The summed E-state index contributed by atoms with van der Waals surface area (Å²) < 4.78 is 12.6. The number of nitrogens with one attached hydrogen (secondary N) is 1. The number of amides is 1. The maximum Gasteiger partial charge on any atom is 0.264 e. The van der Waals surface area contributed by atoms with Crippen LogP contribution in [0, 0.1) is 16.7 Å². The Balaban J connectivity index is 1.51. The average molecular weight is 655 g/mol. The molecule has 1 amide bonds. The second kappa shape index (κ2) is 12.9. The quantitative estimate of drug-likeness (QED) is 0.264. The zero-order valence-corrected chi connectivity index (χ0v) is 27.8. The van der Waals surface area contributed by atoms with Gasteiger partial charge in [-0.1, -0.05) is 50.0 Å². The van der Waals surface area contributed by atoms with Crippen LogP contribution in [0.2, 0.25) is 10.0 Å². The van der Waals surface area contributed by atoms with Crippen LogP contribution in [-0.4, -0.2) is 83.2 Å². The van der Waals surface area contributed by atoms with Gasteiger partial charge in [-0.2, -0.15) is 10.2 Å². The van der Waals surface area contributed by atoms with Crippen LogP contribution in [0.25, 0.3) is 22.2 Å². The highest BCUT2D eigenvalue weighted by atomic mass is 35.5. The molecule has 0 spiro atoms. The SMILES string of the molecule is CNc1ncc2cc(-c3c(Cl)c(OC)cc(OC)c3Cl)c(=O)n(CC3CCCN3C3CN(C(=O)/C(C#N)=C\C(C)(C)C)C3)c2n1. The van der Waals surface area contributed by atoms with Crippen molar-refractivity contribution < 1.29 is 14.3 Å². The number of methoxy groups -OCH3 is 2. The predicted octanol–water partition coefficient (Wildman–Crippen LogP) is 5.00. The molecule has 2 aromatic heterocycles. The summed E-state index contributed by atoms with van der Waals surface area (Å²) in [5.74, 6) is 0.788. The van der Waals surface area contributed by atoms with Crippen LogP contribution in [0.1, 0.15) is 33.6 Å². The van der Waals surface area contributed by atoms with Gasteiger partial charge in [0.2, 0.25) is 5.95 Å². The van der Waals surface area contributed by atoms with Gasteiger partial charge in [-0.05, 0) is 30.9 Å². The molecule has 45 heavy (non-hydrogen) atoms. The molecule has 1 N–H and O–H groups in total. The van der Waals surface area contributed by atoms with Crippen LogP contribution >= 0.6 is 23.2 Å². The summed E-state index contributed by atoms with van der Waals surface area (Å²) in [4.78, 5) is 40.5. The molecule has 2 saturated heterocycles. The number of hydrogen-bond acceptors (Lipinski definition) is 9. The Hall–Kier alpha value is -3.85. The number of hydrogen-bond donors (Lipinski definition) is 1. The highest BCUT2D eigenvalue weighted by Crippen LogP contribution is 2.45. The zero-order chi connectivity index (χ0) is 32.6. The standard InChI is InChI=1S/C32H37Cl2N7O4/c1-32(2,3)12-19(13-35)29(42)39-15-21(16-39)40-9-7-8-20(40)17-41-28-18(14-37-31(36-4)38-28)10-22(30(41)43)25-26(33)23(44-5)11-24(45-6)27(25)34/h10-12,14,20-21H,7-9,15-17H2,1-6H3,(H,36,37,38)/b19-12-. The third-order valence-electron chi connectivity index (χ3n) is 8.26. The first-order valence-electron chi connectivity index (χ1n) is 14.8. The second-order valence-corrected chi connectivity index (χ2v) is 13.2. The van der Waals surface area contributed by atoms with Crippen LogP contribution in [0.5, 0.6) is 11.5 Å². The molecule has 3 aromatic rings. The number of carbonyl (C=O) groups excluding carboxylic acids is 1.